The van der Waals surface area contributed by atoms with Gasteiger partial charge in [-0.15, -0.1) is 0 Å². The van der Waals surface area contributed by atoms with E-state index in [9.17, 15) is 0 Å². The minimum atomic E-state index is 0.943. The van der Waals surface area contributed by atoms with E-state index in [1.54, 1.807) is 0 Å². The smallest absolute Gasteiger partial charge is 0.137 e. The Hall–Kier alpha value is -3.17. The molecule has 2 heterocycles. The second-order valence-electron chi connectivity index (χ2n) is 6.69. The molecule has 0 radical (unpaired) electrons. The average Bonchev–Trinajstić information content (AvgIpc) is 3.14. The van der Waals surface area contributed by atoms with Crippen molar-refractivity contribution in [2.75, 3.05) is 0 Å². The topological polar surface area (TPSA) is 17.3 Å². The van der Waals surface area contributed by atoms with E-state index < -0.39 is 0 Å². The second-order valence-corrected chi connectivity index (χ2v) is 7.61. The van der Waals surface area contributed by atoms with E-state index in [-0.39, 0.29) is 0 Å². The van der Waals surface area contributed by atoms with E-state index in [0.717, 1.165) is 38.2 Å². The van der Waals surface area contributed by atoms with E-state index in [4.69, 9.17) is 4.98 Å². The zero-order valence-corrected chi connectivity index (χ0v) is 16.7. The molecule has 2 aromatic heterocycles. The Balaban J connectivity index is 1.78. The number of halogens is 1. The SMILES string of the molecule is Brc1ccc(-c2ccc3nc(-c4ccccc4)c(-c4ccccc4)n3c2)cc1. The predicted molar refractivity (Wildman–Crippen MR) is 119 cm³/mol. The van der Waals surface area contributed by atoms with Crippen LogP contribution in [0.2, 0.25) is 0 Å². The first-order valence-electron chi connectivity index (χ1n) is 9.18. The van der Waals surface area contributed by atoms with Crippen molar-refractivity contribution >= 4 is 21.6 Å². The molecule has 0 atom stereocenters. The molecule has 0 N–H and O–H groups in total. The number of nitrogens with zero attached hydrogens (tertiary/aromatic N) is 2. The average molecular weight is 425 g/mol. The molecule has 0 aliphatic heterocycles. The zero-order chi connectivity index (χ0) is 18.9. The van der Waals surface area contributed by atoms with Crippen LogP contribution in [0.5, 0.6) is 0 Å². The number of imidazole rings is 1. The van der Waals surface area contributed by atoms with Crippen LogP contribution in [0.25, 0.3) is 39.3 Å². The molecule has 0 unspecified atom stereocenters. The molecule has 134 valence electrons. The quantitative estimate of drug-likeness (QED) is 0.301. The predicted octanol–water partition coefficient (Wildman–Crippen LogP) is 7.10. The first-order valence-corrected chi connectivity index (χ1v) is 9.98. The Morgan fingerprint density at radius 2 is 1.18 bits per heavy atom. The lowest BCUT2D eigenvalue weighted by molar-refractivity contribution is 1.19. The second kappa shape index (κ2) is 7.10. The van der Waals surface area contributed by atoms with Gasteiger partial charge in [-0.25, -0.2) is 4.98 Å². The fourth-order valence-electron chi connectivity index (χ4n) is 3.53. The maximum absolute atomic E-state index is 4.96. The van der Waals surface area contributed by atoms with Crippen molar-refractivity contribution in [3.8, 4) is 33.6 Å². The van der Waals surface area contributed by atoms with E-state index in [2.05, 4.69) is 111 Å². The van der Waals surface area contributed by atoms with Crippen LogP contribution in [0.4, 0.5) is 0 Å². The summed E-state index contributed by atoms with van der Waals surface area (Å²) in [5, 5.41) is 0. The summed E-state index contributed by atoms with van der Waals surface area (Å²) in [6, 6.07) is 33.5. The van der Waals surface area contributed by atoms with Crippen LogP contribution in [0.1, 0.15) is 0 Å². The molecule has 28 heavy (non-hydrogen) atoms. The van der Waals surface area contributed by atoms with E-state index >= 15 is 0 Å². The third-order valence-electron chi connectivity index (χ3n) is 4.89. The zero-order valence-electron chi connectivity index (χ0n) is 15.1. The molecule has 5 rings (SSSR count). The van der Waals surface area contributed by atoms with Crippen LogP contribution in [-0.4, -0.2) is 9.38 Å². The molecular weight excluding hydrogens is 408 g/mol. The Kier molecular flexibility index (Phi) is 4.30. The number of hydrogen-bond acceptors (Lipinski definition) is 1. The normalized spacial score (nSPS) is 11.0. The van der Waals surface area contributed by atoms with Crippen molar-refractivity contribution in [3.05, 3.63) is 108 Å². The van der Waals surface area contributed by atoms with Crippen LogP contribution in [0, 0.1) is 0 Å². The van der Waals surface area contributed by atoms with Gasteiger partial charge < -0.3 is 0 Å². The summed E-state index contributed by atoms with van der Waals surface area (Å²) in [7, 11) is 0. The van der Waals surface area contributed by atoms with Crippen molar-refractivity contribution < 1.29 is 0 Å². The van der Waals surface area contributed by atoms with Crippen molar-refractivity contribution in [2.24, 2.45) is 0 Å². The summed E-state index contributed by atoms with van der Waals surface area (Å²) in [4.78, 5) is 4.96. The van der Waals surface area contributed by atoms with Crippen molar-refractivity contribution in [2.45, 2.75) is 0 Å². The lowest BCUT2D eigenvalue weighted by Gasteiger charge is -2.08. The Morgan fingerprint density at radius 3 is 1.86 bits per heavy atom. The summed E-state index contributed by atoms with van der Waals surface area (Å²) in [6.45, 7) is 0. The van der Waals surface area contributed by atoms with Gasteiger partial charge in [0.05, 0.1) is 11.4 Å². The highest BCUT2D eigenvalue weighted by Gasteiger charge is 2.16. The number of aromatic nitrogens is 2. The standard InChI is InChI=1S/C25H17BrN2/c26-22-14-11-18(12-15-22)21-13-16-23-27-24(19-7-3-1-4-8-19)25(28(23)17-21)20-9-5-2-6-10-20/h1-17H. The van der Waals surface area contributed by atoms with Crippen molar-refractivity contribution in [3.63, 3.8) is 0 Å². The van der Waals surface area contributed by atoms with Gasteiger partial charge >= 0.3 is 0 Å². The number of hydrogen-bond donors (Lipinski definition) is 0. The Bertz CT molecular complexity index is 1240. The van der Waals surface area contributed by atoms with Gasteiger partial charge in [-0.1, -0.05) is 88.7 Å². The van der Waals surface area contributed by atoms with E-state index in [1.165, 1.54) is 5.56 Å². The lowest BCUT2D eigenvalue weighted by atomic mass is 10.0. The summed E-state index contributed by atoms with van der Waals surface area (Å²) in [5.41, 5.74) is 7.67. The highest BCUT2D eigenvalue weighted by Crippen LogP contribution is 2.34. The van der Waals surface area contributed by atoms with Crippen molar-refractivity contribution in [1.29, 1.82) is 0 Å². The first kappa shape index (κ1) is 17.0. The number of rotatable bonds is 3. The van der Waals surface area contributed by atoms with Gasteiger partial charge in [-0.2, -0.15) is 0 Å². The molecule has 5 aromatic rings. The molecule has 0 aliphatic rings. The van der Waals surface area contributed by atoms with Crippen LogP contribution in [0.3, 0.4) is 0 Å². The van der Waals surface area contributed by atoms with Gasteiger partial charge in [0.25, 0.3) is 0 Å². The molecule has 0 saturated carbocycles. The highest BCUT2D eigenvalue weighted by atomic mass is 79.9. The van der Waals surface area contributed by atoms with Crippen molar-refractivity contribution in [1.82, 2.24) is 9.38 Å². The largest absolute Gasteiger partial charge is 0.298 e. The number of fused-ring (bicyclic) bond motifs is 1. The van der Waals surface area contributed by atoms with Gasteiger partial charge in [0, 0.05) is 21.8 Å². The van der Waals surface area contributed by atoms with Gasteiger partial charge in [0.15, 0.2) is 0 Å². The molecular formula is C25H17BrN2. The molecule has 3 heteroatoms. The molecule has 0 saturated heterocycles. The van der Waals surface area contributed by atoms with Gasteiger partial charge in [-0.3, -0.25) is 4.40 Å². The monoisotopic (exact) mass is 424 g/mol. The summed E-state index contributed by atoms with van der Waals surface area (Å²) in [5.74, 6) is 0. The fourth-order valence-corrected chi connectivity index (χ4v) is 3.79. The molecule has 2 nitrogen and oxygen atoms in total. The van der Waals surface area contributed by atoms with Gasteiger partial charge in [0.2, 0.25) is 0 Å². The third-order valence-corrected chi connectivity index (χ3v) is 5.42. The van der Waals surface area contributed by atoms with Crippen LogP contribution < -0.4 is 0 Å². The Labute approximate surface area is 172 Å². The van der Waals surface area contributed by atoms with Crippen LogP contribution >= 0.6 is 15.9 Å². The van der Waals surface area contributed by atoms with Crippen LogP contribution in [-0.2, 0) is 0 Å². The summed E-state index contributed by atoms with van der Waals surface area (Å²) >= 11 is 3.51. The van der Waals surface area contributed by atoms with E-state index in [1.807, 2.05) is 12.1 Å². The molecule has 0 bridgehead atoms. The highest BCUT2D eigenvalue weighted by molar-refractivity contribution is 9.10. The summed E-state index contributed by atoms with van der Waals surface area (Å²) in [6.07, 6.45) is 2.18. The third kappa shape index (κ3) is 3.04. The minimum Gasteiger partial charge on any atom is -0.298 e. The lowest BCUT2D eigenvalue weighted by Crippen LogP contribution is -1.91. The van der Waals surface area contributed by atoms with Crippen LogP contribution in [0.15, 0.2) is 108 Å². The minimum absolute atomic E-state index is 0.943. The molecule has 0 aliphatic carbocycles. The van der Waals surface area contributed by atoms with Gasteiger partial charge in [0.1, 0.15) is 5.65 Å². The first-order chi connectivity index (χ1) is 13.8. The number of benzene rings is 3. The molecule has 0 amide bonds. The maximum atomic E-state index is 4.96. The Morgan fingerprint density at radius 1 is 0.571 bits per heavy atom. The number of pyridine rings is 1. The fraction of sp³-hybridized carbons (Fsp3) is 0. The molecule has 0 fully saturated rings. The van der Waals surface area contributed by atoms with Gasteiger partial charge in [-0.05, 0) is 35.4 Å². The maximum Gasteiger partial charge on any atom is 0.137 e. The summed E-state index contributed by atoms with van der Waals surface area (Å²) < 4.78 is 3.28. The molecule has 3 aromatic carbocycles. The molecule has 0 spiro atoms. The van der Waals surface area contributed by atoms with E-state index in [0.29, 0.717) is 0 Å².